The lowest BCUT2D eigenvalue weighted by atomic mass is 9.81. The predicted octanol–water partition coefficient (Wildman–Crippen LogP) is 2.97. The maximum absolute atomic E-state index is 9.72. The highest BCUT2D eigenvalue weighted by molar-refractivity contribution is 5.34. The highest BCUT2D eigenvalue weighted by Gasteiger charge is 2.41. The average Bonchev–Trinajstić information content (AvgIpc) is 2.14. The molecule has 0 aromatic heterocycles. The van der Waals surface area contributed by atoms with E-state index in [0.717, 1.165) is 6.42 Å². The van der Waals surface area contributed by atoms with Gasteiger partial charge in [-0.05, 0) is 19.4 Å². The molecule has 2 bridgehead atoms. The van der Waals surface area contributed by atoms with Crippen LogP contribution in [0.1, 0.15) is 20.3 Å². The van der Waals surface area contributed by atoms with Crippen LogP contribution >= 0.6 is 0 Å². The van der Waals surface area contributed by atoms with Crippen LogP contribution in [0.25, 0.3) is 0 Å². The Labute approximate surface area is 73.1 Å². The largest absolute Gasteiger partial charge is 0.512 e. The molecule has 0 saturated heterocycles. The summed E-state index contributed by atoms with van der Waals surface area (Å²) in [6.07, 6.45) is 11.3. The van der Waals surface area contributed by atoms with Crippen LogP contribution in [0.3, 0.4) is 0 Å². The number of allylic oxidation sites excluding steroid dienone is 5. The molecule has 2 rings (SSSR count). The number of aliphatic hydroxyl groups is 1. The minimum atomic E-state index is -0.127. The third kappa shape index (κ3) is 0.927. The molecule has 0 aromatic rings. The minimum Gasteiger partial charge on any atom is -0.512 e. The first kappa shape index (κ1) is 7.66. The highest BCUT2D eigenvalue weighted by Crippen LogP contribution is 2.50. The van der Waals surface area contributed by atoms with E-state index in [9.17, 15) is 5.11 Å². The molecule has 2 unspecified atom stereocenters. The normalized spacial score (nSPS) is 44.3. The fourth-order valence-corrected chi connectivity index (χ4v) is 2.20. The van der Waals surface area contributed by atoms with Crippen LogP contribution in [0.5, 0.6) is 0 Å². The van der Waals surface area contributed by atoms with Gasteiger partial charge >= 0.3 is 0 Å². The van der Waals surface area contributed by atoms with Crippen LogP contribution in [-0.2, 0) is 0 Å². The van der Waals surface area contributed by atoms with Gasteiger partial charge in [-0.25, -0.2) is 0 Å². The molecular formula is C11H14O. The molecule has 0 aliphatic heterocycles. The van der Waals surface area contributed by atoms with Crippen LogP contribution in [0, 0.1) is 10.8 Å². The monoisotopic (exact) mass is 162 g/mol. The Morgan fingerprint density at radius 3 is 2.67 bits per heavy atom. The standard InChI is InChI=1S/C11H14O/c1-10-5-3-4-6-11(2,8-10)9(12)7-10/h3-7,12H,8H2,1-2H3. The second kappa shape index (κ2) is 2.03. The third-order valence-electron chi connectivity index (χ3n) is 2.85. The molecule has 0 amide bonds. The van der Waals surface area contributed by atoms with Gasteiger partial charge in [0.05, 0.1) is 5.76 Å². The summed E-state index contributed by atoms with van der Waals surface area (Å²) in [6, 6.07) is 0. The van der Waals surface area contributed by atoms with Crippen LogP contribution in [0.15, 0.2) is 36.1 Å². The molecule has 2 aliphatic carbocycles. The van der Waals surface area contributed by atoms with E-state index in [1.165, 1.54) is 0 Å². The van der Waals surface area contributed by atoms with Gasteiger partial charge in [0.2, 0.25) is 0 Å². The number of fused-ring (bicyclic) bond motifs is 2. The minimum absolute atomic E-state index is 0.0579. The fourth-order valence-electron chi connectivity index (χ4n) is 2.20. The van der Waals surface area contributed by atoms with E-state index in [4.69, 9.17) is 0 Å². The second-order valence-electron chi connectivity index (χ2n) is 4.35. The predicted molar refractivity (Wildman–Crippen MR) is 49.8 cm³/mol. The molecule has 0 spiro atoms. The zero-order valence-corrected chi connectivity index (χ0v) is 7.54. The summed E-state index contributed by atoms with van der Waals surface area (Å²) >= 11 is 0. The smallest absolute Gasteiger partial charge is 0.0988 e. The van der Waals surface area contributed by atoms with Gasteiger partial charge in [-0.3, -0.25) is 0 Å². The molecule has 1 nitrogen and oxygen atoms in total. The molecule has 12 heavy (non-hydrogen) atoms. The Morgan fingerprint density at radius 2 is 1.92 bits per heavy atom. The molecule has 0 radical (unpaired) electrons. The van der Waals surface area contributed by atoms with E-state index < -0.39 is 0 Å². The van der Waals surface area contributed by atoms with Crippen molar-refractivity contribution in [2.24, 2.45) is 10.8 Å². The first-order chi connectivity index (χ1) is 5.54. The first-order valence-corrected chi connectivity index (χ1v) is 4.34. The van der Waals surface area contributed by atoms with Gasteiger partial charge in [0.15, 0.2) is 0 Å². The van der Waals surface area contributed by atoms with Crippen molar-refractivity contribution in [3.63, 3.8) is 0 Å². The lowest BCUT2D eigenvalue weighted by Crippen LogP contribution is -2.15. The van der Waals surface area contributed by atoms with Gasteiger partial charge in [0, 0.05) is 10.8 Å². The molecule has 2 aliphatic rings. The quantitative estimate of drug-likeness (QED) is 0.580. The van der Waals surface area contributed by atoms with Gasteiger partial charge in [0.25, 0.3) is 0 Å². The highest BCUT2D eigenvalue weighted by atomic mass is 16.3. The lowest BCUT2D eigenvalue weighted by molar-refractivity contribution is 0.280. The van der Waals surface area contributed by atoms with E-state index in [0.29, 0.717) is 5.76 Å². The SMILES string of the molecule is CC12C=CC=CC(C)(C1)C(O)=C2. The van der Waals surface area contributed by atoms with Gasteiger partial charge in [-0.15, -0.1) is 0 Å². The van der Waals surface area contributed by atoms with Crippen LogP contribution < -0.4 is 0 Å². The molecule has 0 aromatic carbocycles. The Kier molecular flexibility index (Phi) is 1.30. The van der Waals surface area contributed by atoms with E-state index in [2.05, 4.69) is 32.1 Å². The molecular weight excluding hydrogens is 148 g/mol. The van der Waals surface area contributed by atoms with Gasteiger partial charge in [-0.2, -0.15) is 0 Å². The van der Waals surface area contributed by atoms with Crippen LogP contribution in [0.4, 0.5) is 0 Å². The average molecular weight is 162 g/mol. The van der Waals surface area contributed by atoms with Crippen LogP contribution in [0.2, 0.25) is 0 Å². The van der Waals surface area contributed by atoms with E-state index in [1.54, 1.807) is 0 Å². The molecule has 0 heterocycles. The molecule has 0 saturated carbocycles. The third-order valence-corrected chi connectivity index (χ3v) is 2.85. The lowest BCUT2D eigenvalue weighted by Gasteiger charge is -2.23. The van der Waals surface area contributed by atoms with E-state index in [1.807, 2.05) is 12.2 Å². The maximum atomic E-state index is 9.72. The van der Waals surface area contributed by atoms with Crippen molar-refractivity contribution in [2.45, 2.75) is 20.3 Å². The summed E-state index contributed by atoms with van der Waals surface area (Å²) in [7, 11) is 0. The summed E-state index contributed by atoms with van der Waals surface area (Å²) in [5.74, 6) is 0.519. The van der Waals surface area contributed by atoms with Crippen molar-refractivity contribution in [2.75, 3.05) is 0 Å². The summed E-state index contributed by atoms with van der Waals surface area (Å²) in [4.78, 5) is 0. The van der Waals surface area contributed by atoms with Gasteiger partial charge in [0.1, 0.15) is 0 Å². The van der Waals surface area contributed by atoms with Gasteiger partial charge < -0.3 is 5.11 Å². The van der Waals surface area contributed by atoms with Crippen molar-refractivity contribution >= 4 is 0 Å². The topological polar surface area (TPSA) is 20.2 Å². The molecule has 1 heteroatoms. The number of rotatable bonds is 0. The van der Waals surface area contributed by atoms with Crippen molar-refractivity contribution in [1.82, 2.24) is 0 Å². The van der Waals surface area contributed by atoms with Crippen molar-refractivity contribution in [3.05, 3.63) is 36.1 Å². The zero-order valence-electron chi connectivity index (χ0n) is 7.54. The van der Waals surface area contributed by atoms with E-state index >= 15 is 0 Å². The number of hydrogen-bond donors (Lipinski definition) is 1. The summed E-state index contributed by atoms with van der Waals surface area (Å²) in [5.41, 5.74) is -0.0689. The molecule has 0 fully saturated rings. The second-order valence-corrected chi connectivity index (χ2v) is 4.35. The Morgan fingerprint density at radius 1 is 1.25 bits per heavy atom. The molecule has 1 N–H and O–H groups in total. The van der Waals surface area contributed by atoms with Crippen LogP contribution in [-0.4, -0.2) is 5.11 Å². The molecule has 2 atom stereocenters. The van der Waals surface area contributed by atoms with Crippen molar-refractivity contribution in [1.29, 1.82) is 0 Å². The first-order valence-electron chi connectivity index (χ1n) is 4.34. The van der Waals surface area contributed by atoms with Crippen molar-refractivity contribution < 1.29 is 5.11 Å². The van der Waals surface area contributed by atoms with E-state index in [-0.39, 0.29) is 10.8 Å². The molecule has 64 valence electrons. The number of hydrogen-bond acceptors (Lipinski definition) is 1. The Bertz CT molecular complexity index is 298. The van der Waals surface area contributed by atoms with Gasteiger partial charge in [-0.1, -0.05) is 31.2 Å². The summed E-state index contributed by atoms with van der Waals surface area (Å²) < 4.78 is 0. The zero-order chi connectivity index (χ0) is 8.82. The number of aliphatic hydroxyl groups excluding tert-OH is 1. The Balaban J connectivity index is 2.52. The Hall–Kier alpha value is -0.980. The van der Waals surface area contributed by atoms with Crippen molar-refractivity contribution in [3.8, 4) is 0 Å². The maximum Gasteiger partial charge on any atom is 0.0988 e. The summed E-state index contributed by atoms with van der Waals surface area (Å²) in [6.45, 7) is 4.23. The summed E-state index contributed by atoms with van der Waals surface area (Å²) in [5, 5.41) is 9.72. The fraction of sp³-hybridized carbons (Fsp3) is 0.455.